The molecular weight excluding hydrogens is 234 g/mol. The molecule has 1 atom stereocenters. The fourth-order valence-corrected chi connectivity index (χ4v) is 1.63. The number of hydrogen-bond donors (Lipinski definition) is 2. The minimum atomic E-state index is -0.137. The van der Waals surface area contributed by atoms with Crippen LogP contribution in [-0.4, -0.2) is 24.4 Å². The lowest BCUT2D eigenvalue weighted by Crippen LogP contribution is -2.33. The Hall–Kier alpha value is -0.740. The number of fused-ring (bicyclic) bond motifs is 1. The van der Waals surface area contributed by atoms with E-state index in [-0.39, 0.29) is 12.7 Å². The molecule has 0 spiro atoms. The van der Waals surface area contributed by atoms with Gasteiger partial charge in [0, 0.05) is 4.47 Å². The Balaban J connectivity index is 2.27. The van der Waals surface area contributed by atoms with Crippen LogP contribution >= 0.6 is 15.9 Å². The zero-order valence-corrected chi connectivity index (χ0v) is 8.54. The lowest BCUT2D eigenvalue weighted by Gasteiger charge is -2.26. The van der Waals surface area contributed by atoms with Crippen molar-refractivity contribution < 1.29 is 9.84 Å². The highest BCUT2D eigenvalue weighted by molar-refractivity contribution is 9.10. The van der Waals surface area contributed by atoms with Crippen LogP contribution in [0.1, 0.15) is 0 Å². The number of hydrogen-bond acceptors (Lipinski definition) is 3. The van der Waals surface area contributed by atoms with Gasteiger partial charge in [-0.1, -0.05) is 15.9 Å². The highest BCUT2D eigenvalue weighted by Crippen LogP contribution is 2.31. The summed E-state index contributed by atoms with van der Waals surface area (Å²) < 4.78 is 6.50. The van der Waals surface area contributed by atoms with E-state index in [1.54, 1.807) is 0 Å². The summed E-state index contributed by atoms with van der Waals surface area (Å²) in [5, 5.41) is 12.1. The molecule has 2 rings (SSSR count). The summed E-state index contributed by atoms with van der Waals surface area (Å²) >= 11 is 3.36. The predicted octanol–water partition coefficient (Wildman–Crippen LogP) is 1.61. The van der Waals surface area contributed by atoms with E-state index in [2.05, 4.69) is 21.2 Å². The molecule has 13 heavy (non-hydrogen) atoms. The Labute approximate surface area is 84.8 Å². The molecular formula is C9H10BrNO2. The number of aliphatic hydroxyl groups excluding tert-OH is 1. The summed E-state index contributed by atoms with van der Waals surface area (Å²) in [4.78, 5) is 0. The molecule has 0 fully saturated rings. The predicted molar refractivity (Wildman–Crippen MR) is 54.1 cm³/mol. The molecule has 4 heteroatoms. The third kappa shape index (κ3) is 1.78. The average molecular weight is 244 g/mol. The second-order valence-corrected chi connectivity index (χ2v) is 3.86. The SMILES string of the molecule is OCC1CNc2ccc(Br)cc2O1. The van der Waals surface area contributed by atoms with E-state index in [9.17, 15) is 0 Å². The molecule has 0 amide bonds. The second kappa shape index (κ2) is 3.55. The summed E-state index contributed by atoms with van der Waals surface area (Å²) in [6, 6.07) is 5.80. The van der Waals surface area contributed by atoms with Crippen LogP contribution < -0.4 is 10.1 Å². The molecule has 3 nitrogen and oxygen atoms in total. The van der Waals surface area contributed by atoms with Gasteiger partial charge < -0.3 is 15.2 Å². The molecule has 1 aromatic carbocycles. The Morgan fingerprint density at radius 2 is 2.46 bits per heavy atom. The number of anilines is 1. The molecule has 0 bridgehead atoms. The van der Waals surface area contributed by atoms with Crippen molar-refractivity contribution in [3.63, 3.8) is 0 Å². The van der Waals surface area contributed by atoms with E-state index in [0.717, 1.165) is 15.9 Å². The standard InChI is InChI=1S/C9H10BrNO2/c10-6-1-2-8-9(3-6)13-7(5-12)4-11-8/h1-3,7,11-12H,4-5H2. The molecule has 1 aromatic rings. The van der Waals surface area contributed by atoms with Crippen molar-refractivity contribution >= 4 is 21.6 Å². The fraction of sp³-hybridized carbons (Fsp3) is 0.333. The Morgan fingerprint density at radius 1 is 1.62 bits per heavy atom. The maximum Gasteiger partial charge on any atom is 0.144 e. The van der Waals surface area contributed by atoms with Gasteiger partial charge in [-0.05, 0) is 18.2 Å². The quantitative estimate of drug-likeness (QED) is 0.788. The molecule has 2 N–H and O–H groups in total. The van der Waals surface area contributed by atoms with Crippen LogP contribution in [0.5, 0.6) is 5.75 Å². The third-order valence-electron chi connectivity index (χ3n) is 1.96. The van der Waals surface area contributed by atoms with Crippen molar-refractivity contribution in [2.45, 2.75) is 6.10 Å². The van der Waals surface area contributed by atoms with Crippen LogP contribution in [0, 0.1) is 0 Å². The van der Waals surface area contributed by atoms with Crippen LogP contribution in [-0.2, 0) is 0 Å². The van der Waals surface area contributed by atoms with Gasteiger partial charge in [0.2, 0.25) is 0 Å². The van der Waals surface area contributed by atoms with Crippen molar-refractivity contribution in [2.24, 2.45) is 0 Å². The van der Waals surface area contributed by atoms with Gasteiger partial charge in [0.25, 0.3) is 0 Å². The molecule has 1 aliphatic heterocycles. The largest absolute Gasteiger partial charge is 0.484 e. The smallest absolute Gasteiger partial charge is 0.144 e. The average Bonchev–Trinajstić information content (AvgIpc) is 2.16. The van der Waals surface area contributed by atoms with Gasteiger partial charge in [-0.3, -0.25) is 0 Å². The molecule has 0 saturated heterocycles. The molecule has 1 aliphatic rings. The molecule has 70 valence electrons. The summed E-state index contributed by atoms with van der Waals surface area (Å²) in [6.45, 7) is 0.698. The third-order valence-corrected chi connectivity index (χ3v) is 2.45. The topological polar surface area (TPSA) is 41.5 Å². The second-order valence-electron chi connectivity index (χ2n) is 2.94. The molecule has 1 heterocycles. The van der Waals surface area contributed by atoms with Crippen LogP contribution in [0.25, 0.3) is 0 Å². The van der Waals surface area contributed by atoms with E-state index < -0.39 is 0 Å². The minimum absolute atomic E-state index is 0.0406. The first-order valence-electron chi connectivity index (χ1n) is 4.10. The van der Waals surface area contributed by atoms with Crippen molar-refractivity contribution in [3.8, 4) is 5.75 Å². The zero-order valence-electron chi connectivity index (χ0n) is 6.96. The summed E-state index contributed by atoms with van der Waals surface area (Å²) in [5.74, 6) is 0.791. The van der Waals surface area contributed by atoms with E-state index in [0.29, 0.717) is 6.54 Å². The monoisotopic (exact) mass is 243 g/mol. The van der Waals surface area contributed by atoms with Gasteiger partial charge in [0.15, 0.2) is 0 Å². The van der Waals surface area contributed by atoms with Gasteiger partial charge in [0.1, 0.15) is 11.9 Å². The maximum atomic E-state index is 8.91. The van der Waals surface area contributed by atoms with E-state index in [1.807, 2.05) is 18.2 Å². The number of benzene rings is 1. The summed E-state index contributed by atoms with van der Waals surface area (Å²) in [7, 11) is 0. The fourth-order valence-electron chi connectivity index (χ4n) is 1.29. The Kier molecular flexibility index (Phi) is 2.42. The summed E-state index contributed by atoms with van der Waals surface area (Å²) in [5.41, 5.74) is 0.980. The van der Waals surface area contributed by atoms with E-state index in [4.69, 9.17) is 9.84 Å². The first kappa shape index (κ1) is 8.84. The van der Waals surface area contributed by atoms with Crippen molar-refractivity contribution in [1.82, 2.24) is 0 Å². The molecule has 1 unspecified atom stereocenters. The first-order chi connectivity index (χ1) is 6.29. The highest BCUT2D eigenvalue weighted by atomic mass is 79.9. The van der Waals surface area contributed by atoms with Crippen molar-refractivity contribution in [1.29, 1.82) is 0 Å². The van der Waals surface area contributed by atoms with Crippen molar-refractivity contribution in [2.75, 3.05) is 18.5 Å². The first-order valence-corrected chi connectivity index (χ1v) is 4.90. The molecule has 0 radical (unpaired) electrons. The van der Waals surface area contributed by atoms with Crippen LogP contribution in [0.2, 0.25) is 0 Å². The number of nitrogens with one attached hydrogen (secondary N) is 1. The van der Waals surface area contributed by atoms with Gasteiger partial charge in [-0.25, -0.2) is 0 Å². The minimum Gasteiger partial charge on any atom is -0.484 e. The summed E-state index contributed by atoms with van der Waals surface area (Å²) in [6.07, 6.45) is -0.137. The number of aliphatic hydroxyl groups is 1. The Bertz CT molecular complexity index is 316. The van der Waals surface area contributed by atoms with E-state index >= 15 is 0 Å². The van der Waals surface area contributed by atoms with E-state index in [1.165, 1.54) is 0 Å². The van der Waals surface area contributed by atoms with Gasteiger partial charge >= 0.3 is 0 Å². The number of ether oxygens (including phenoxy) is 1. The van der Waals surface area contributed by atoms with Crippen molar-refractivity contribution in [3.05, 3.63) is 22.7 Å². The van der Waals surface area contributed by atoms with Crippen LogP contribution in [0.3, 0.4) is 0 Å². The van der Waals surface area contributed by atoms with Gasteiger partial charge in [0.05, 0.1) is 18.8 Å². The highest BCUT2D eigenvalue weighted by Gasteiger charge is 2.17. The van der Waals surface area contributed by atoms with Crippen LogP contribution in [0.4, 0.5) is 5.69 Å². The van der Waals surface area contributed by atoms with Crippen LogP contribution in [0.15, 0.2) is 22.7 Å². The lowest BCUT2D eigenvalue weighted by molar-refractivity contribution is 0.120. The number of rotatable bonds is 1. The van der Waals surface area contributed by atoms with Gasteiger partial charge in [-0.2, -0.15) is 0 Å². The molecule has 0 aromatic heterocycles. The maximum absolute atomic E-state index is 8.91. The number of halogens is 1. The molecule has 0 saturated carbocycles. The molecule has 0 aliphatic carbocycles. The Morgan fingerprint density at radius 3 is 3.23 bits per heavy atom. The lowest BCUT2D eigenvalue weighted by atomic mass is 10.2. The zero-order chi connectivity index (χ0) is 9.26. The van der Waals surface area contributed by atoms with Gasteiger partial charge in [-0.15, -0.1) is 0 Å². The normalized spacial score (nSPS) is 20.0.